The minimum atomic E-state index is 0.0786. The Hall–Kier alpha value is -1.59. The lowest BCUT2D eigenvalue weighted by molar-refractivity contribution is 0.415. The third-order valence-corrected chi connectivity index (χ3v) is 3.75. The number of thiazole rings is 1. The second-order valence-corrected chi connectivity index (χ2v) is 5.09. The highest BCUT2D eigenvalue weighted by atomic mass is 32.1. The molecule has 2 rings (SSSR count). The standard InChI is InChI=1S/C14H18N2O2S/c1-18-12-6-4-5-11(9-12)13-10-19-14(17)16(13)8-3-2-7-15/h4-6,9-10H,2-3,7-8,15H2,1H3. The highest BCUT2D eigenvalue weighted by molar-refractivity contribution is 7.07. The third-order valence-electron chi connectivity index (χ3n) is 2.98. The summed E-state index contributed by atoms with van der Waals surface area (Å²) in [7, 11) is 1.64. The van der Waals surface area contributed by atoms with E-state index in [9.17, 15) is 4.79 Å². The van der Waals surface area contributed by atoms with Crippen molar-refractivity contribution in [1.82, 2.24) is 4.57 Å². The Labute approximate surface area is 116 Å². The van der Waals surface area contributed by atoms with Crippen molar-refractivity contribution in [3.05, 3.63) is 39.3 Å². The van der Waals surface area contributed by atoms with Crippen LogP contribution in [0, 0.1) is 0 Å². The lowest BCUT2D eigenvalue weighted by atomic mass is 10.1. The minimum Gasteiger partial charge on any atom is -0.497 e. The van der Waals surface area contributed by atoms with Crippen LogP contribution in [0.1, 0.15) is 12.8 Å². The Morgan fingerprint density at radius 2 is 2.21 bits per heavy atom. The van der Waals surface area contributed by atoms with Crippen LogP contribution in [0.3, 0.4) is 0 Å². The van der Waals surface area contributed by atoms with Gasteiger partial charge in [-0.25, -0.2) is 0 Å². The Balaban J connectivity index is 2.31. The number of nitrogens with two attached hydrogens (primary N) is 1. The highest BCUT2D eigenvalue weighted by Gasteiger charge is 2.09. The minimum absolute atomic E-state index is 0.0786. The number of aromatic nitrogens is 1. The Kier molecular flexibility index (Phi) is 4.76. The largest absolute Gasteiger partial charge is 0.497 e. The van der Waals surface area contributed by atoms with Crippen LogP contribution in [-0.4, -0.2) is 18.2 Å². The summed E-state index contributed by atoms with van der Waals surface area (Å²) in [5.74, 6) is 0.796. The van der Waals surface area contributed by atoms with E-state index >= 15 is 0 Å². The molecule has 0 saturated carbocycles. The fourth-order valence-corrected chi connectivity index (χ4v) is 2.76. The summed E-state index contributed by atoms with van der Waals surface area (Å²) >= 11 is 1.23. The molecule has 0 radical (unpaired) electrons. The second kappa shape index (κ2) is 6.54. The molecule has 1 aromatic carbocycles. The maximum absolute atomic E-state index is 11.9. The van der Waals surface area contributed by atoms with Crippen molar-refractivity contribution in [3.63, 3.8) is 0 Å². The van der Waals surface area contributed by atoms with Crippen molar-refractivity contribution >= 4 is 11.3 Å². The summed E-state index contributed by atoms with van der Waals surface area (Å²) in [4.78, 5) is 12.0. The van der Waals surface area contributed by atoms with E-state index in [0.29, 0.717) is 13.1 Å². The molecule has 0 spiro atoms. The van der Waals surface area contributed by atoms with E-state index in [1.54, 1.807) is 7.11 Å². The zero-order valence-electron chi connectivity index (χ0n) is 11.0. The molecule has 0 atom stereocenters. The molecule has 0 aliphatic carbocycles. The predicted octanol–water partition coefficient (Wildman–Crippen LogP) is 2.32. The van der Waals surface area contributed by atoms with Gasteiger partial charge >= 0.3 is 4.87 Å². The van der Waals surface area contributed by atoms with Gasteiger partial charge in [0.2, 0.25) is 0 Å². The Bertz CT molecular complexity index is 589. The molecule has 5 heteroatoms. The van der Waals surface area contributed by atoms with E-state index in [1.807, 2.05) is 34.2 Å². The van der Waals surface area contributed by atoms with E-state index in [4.69, 9.17) is 10.5 Å². The highest BCUT2D eigenvalue weighted by Crippen LogP contribution is 2.24. The van der Waals surface area contributed by atoms with E-state index in [0.717, 1.165) is 29.8 Å². The maximum atomic E-state index is 11.9. The second-order valence-electron chi connectivity index (χ2n) is 4.27. The van der Waals surface area contributed by atoms with E-state index < -0.39 is 0 Å². The lowest BCUT2D eigenvalue weighted by Crippen LogP contribution is -2.15. The first-order chi connectivity index (χ1) is 9.26. The van der Waals surface area contributed by atoms with Crippen molar-refractivity contribution in [2.75, 3.05) is 13.7 Å². The molecule has 0 saturated heterocycles. The summed E-state index contributed by atoms with van der Waals surface area (Å²) in [6.45, 7) is 1.37. The SMILES string of the molecule is COc1cccc(-c2csc(=O)n2CCCCN)c1. The van der Waals surface area contributed by atoms with Crippen molar-refractivity contribution in [2.45, 2.75) is 19.4 Å². The fraction of sp³-hybridized carbons (Fsp3) is 0.357. The van der Waals surface area contributed by atoms with Gasteiger partial charge in [-0.3, -0.25) is 9.36 Å². The van der Waals surface area contributed by atoms with Crippen LogP contribution in [0.2, 0.25) is 0 Å². The first kappa shape index (κ1) is 13.8. The van der Waals surface area contributed by atoms with Gasteiger partial charge in [-0.1, -0.05) is 23.5 Å². The predicted molar refractivity (Wildman–Crippen MR) is 78.9 cm³/mol. The number of ether oxygens (including phenoxy) is 1. The number of hydrogen-bond acceptors (Lipinski definition) is 4. The third kappa shape index (κ3) is 3.24. The molecular weight excluding hydrogens is 260 g/mol. The van der Waals surface area contributed by atoms with Crippen LogP contribution in [-0.2, 0) is 6.54 Å². The molecule has 0 bridgehead atoms. The Morgan fingerprint density at radius 3 is 2.95 bits per heavy atom. The van der Waals surface area contributed by atoms with Gasteiger partial charge in [0.05, 0.1) is 12.8 Å². The van der Waals surface area contributed by atoms with Gasteiger partial charge in [0, 0.05) is 17.5 Å². The average molecular weight is 278 g/mol. The smallest absolute Gasteiger partial charge is 0.307 e. The summed E-state index contributed by atoms with van der Waals surface area (Å²) in [6.07, 6.45) is 1.85. The van der Waals surface area contributed by atoms with Crippen LogP contribution in [0.4, 0.5) is 0 Å². The van der Waals surface area contributed by atoms with Crippen LogP contribution in [0.25, 0.3) is 11.3 Å². The van der Waals surface area contributed by atoms with Crippen LogP contribution in [0.15, 0.2) is 34.4 Å². The summed E-state index contributed by atoms with van der Waals surface area (Å²) < 4.78 is 7.04. The fourth-order valence-electron chi connectivity index (χ4n) is 1.96. The summed E-state index contributed by atoms with van der Waals surface area (Å²) in [5, 5.41) is 1.90. The lowest BCUT2D eigenvalue weighted by Gasteiger charge is -2.08. The van der Waals surface area contributed by atoms with Gasteiger partial charge in [-0.2, -0.15) is 0 Å². The molecule has 4 nitrogen and oxygen atoms in total. The topological polar surface area (TPSA) is 57.2 Å². The maximum Gasteiger partial charge on any atom is 0.307 e. The molecule has 1 heterocycles. The summed E-state index contributed by atoms with van der Waals surface area (Å²) in [6, 6.07) is 7.76. The molecule has 2 N–H and O–H groups in total. The quantitative estimate of drug-likeness (QED) is 0.825. The first-order valence-electron chi connectivity index (χ1n) is 6.29. The van der Waals surface area contributed by atoms with Gasteiger partial charge in [0.1, 0.15) is 5.75 Å². The number of nitrogens with zero attached hydrogens (tertiary/aromatic N) is 1. The number of methoxy groups -OCH3 is 1. The first-order valence-corrected chi connectivity index (χ1v) is 7.17. The summed E-state index contributed by atoms with van der Waals surface area (Å²) in [5.41, 5.74) is 7.45. The normalized spacial score (nSPS) is 10.6. The van der Waals surface area contributed by atoms with Gasteiger partial charge in [-0.05, 0) is 31.5 Å². The molecular formula is C14H18N2O2S. The van der Waals surface area contributed by atoms with Crippen molar-refractivity contribution in [1.29, 1.82) is 0 Å². The number of hydrogen-bond donors (Lipinski definition) is 1. The zero-order chi connectivity index (χ0) is 13.7. The van der Waals surface area contributed by atoms with Crippen molar-refractivity contribution in [2.24, 2.45) is 5.73 Å². The number of benzene rings is 1. The van der Waals surface area contributed by atoms with Crippen LogP contribution in [0.5, 0.6) is 5.75 Å². The van der Waals surface area contributed by atoms with Gasteiger partial charge in [0.25, 0.3) is 0 Å². The van der Waals surface area contributed by atoms with Crippen LogP contribution >= 0.6 is 11.3 Å². The van der Waals surface area contributed by atoms with Crippen LogP contribution < -0.4 is 15.3 Å². The molecule has 0 fully saturated rings. The molecule has 2 aromatic rings. The van der Waals surface area contributed by atoms with Gasteiger partial charge < -0.3 is 10.5 Å². The van der Waals surface area contributed by atoms with E-state index in [1.165, 1.54) is 11.3 Å². The van der Waals surface area contributed by atoms with E-state index in [-0.39, 0.29) is 4.87 Å². The zero-order valence-corrected chi connectivity index (χ0v) is 11.8. The van der Waals surface area contributed by atoms with Gasteiger partial charge in [-0.15, -0.1) is 0 Å². The Morgan fingerprint density at radius 1 is 1.37 bits per heavy atom. The molecule has 0 aliphatic rings. The molecule has 0 amide bonds. The molecule has 0 unspecified atom stereocenters. The molecule has 0 aliphatic heterocycles. The van der Waals surface area contributed by atoms with Crippen molar-refractivity contribution in [3.8, 4) is 17.0 Å². The number of unbranched alkanes of at least 4 members (excludes halogenated alkanes) is 1. The monoisotopic (exact) mass is 278 g/mol. The molecule has 19 heavy (non-hydrogen) atoms. The van der Waals surface area contributed by atoms with Gasteiger partial charge in [0.15, 0.2) is 0 Å². The van der Waals surface area contributed by atoms with Crippen molar-refractivity contribution < 1.29 is 4.74 Å². The average Bonchev–Trinajstić information content (AvgIpc) is 2.81. The molecule has 1 aromatic heterocycles. The number of rotatable bonds is 6. The molecule has 102 valence electrons. The van der Waals surface area contributed by atoms with E-state index in [2.05, 4.69) is 0 Å².